The van der Waals surface area contributed by atoms with Gasteiger partial charge in [0.25, 0.3) is 6.43 Å². The van der Waals surface area contributed by atoms with Crippen LogP contribution in [0.3, 0.4) is 0 Å². The normalized spacial score (nSPS) is 23.5. The van der Waals surface area contributed by atoms with Crippen molar-refractivity contribution in [2.75, 3.05) is 52.4 Å². The smallest absolute Gasteiger partial charge is 0.336 e. The molecule has 2 aromatic rings. The molecular formula is C27H28ClF3N6O3S. The number of benzene rings is 1. The number of carbonyl (C=O) groups is 2. The summed E-state index contributed by atoms with van der Waals surface area (Å²) in [7, 11) is 0. The first kappa shape index (κ1) is 29.2. The molecule has 4 heterocycles. The predicted octanol–water partition coefficient (Wildman–Crippen LogP) is 4.10. The van der Waals surface area contributed by atoms with Gasteiger partial charge >= 0.3 is 12.0 Å². The zero-order valence-corrected chi connectivity index (χ0v) is 23.8. The number of alkyl halides is 2. The van der Waals surface area contributed by atoms with Crippen molar-refractivity contribution in [3.05, 3.63) is 62.3 Å². The fraction of sp³-hybridized carbons (Fsp3) is 0.444. The number of piperazine rings is 1. The Morgan fingerprint density at radius 2 is 2.10 bits per heavy atom. The molecule has 9 nitrogen and oxygen atoms in total. The molecule has 3 aliphatic heterocycles. The summed E-state index contributed by atoms with van der Waals surface area (Å²) in [5.74, 6) is -1.28. The monoisotopic (exact) mass is 608 g/mol. The highest BCUT2D eigenvalue weighted by atomic mass is 35.5. The van der Waals surface area contributed by atoms with E-state index in [4.69, 9.17) is 21.3 Å². The number of nitrogens with zero attached hydrogens (tertiary/aromatic N) is 6. The number of halogens is 4. The molecule has 2 saturated heterocycles. The minimum atomic E-state index is -2.61. The molecule has 0 aliphatic carbocycles. The Labute approximate surface area is 244 Å². The summed E-state index contributed by atoms with van der Waals surface area (Å²) in [5.41, 5.74) is 1.49. The van der Waals surface area contributed by atoms with E-state index in [1.807, 2.05) is 4.90 Å². The van der Waals surface area contributed by atoms with E-state index in [9.17, 15) is 22.8 Å². The van der Waals surface area contributed by atoms with Crippen molar-refractivity contribution in [3.8, 4) is 0 Å². The minimum absolute atomic E-state index is 0.0994. The number of hydrogen-bond donors (Lipinski definition) is 0. The summed E-state index contributed by atoms with van der Waals surface area (Å²) in [4.78, 5) is 44.8. The van der Waals surface area contributed by atoms with Gasteiger partial charge in [-0.15, -0.1) is 11.3 Å². The number of aromatic nitrogens is 1. The van der Waals surface area contributed by atoms with Gasteiger partial charge in [0, 0.05) is 56.1 Å². The van der Waals surface area contributed by atoms with E-state index in [1.54, 1.807) is 35.7 Å². The van der Waals surface area contributed by atoms with E-state index >= 15 is 0 Å². The number of rotatable bonds is 8. The molecule has 0 unspecified atom stereocenters. The lowest BCUT2D eigenvalue weighted by Crippen LogP contribution is -2.52. The van der Waals surface area contributed by atoms with Crippen LogP contribution < -0.4 is 0 Å². The van der Waals surface area contributed by atoms with Crippen LogP contribution in [0.4, 0.5) is 18.0 Å². The van der Waals surface area contributed by atoms with Crippen LogP contribution in [0.1, 0.15) is 23.5 Å². The van der Waals surface area contributed by atoms with Crippen LogP contribution in [-0.2, 0) is 9.53 Å². The molecule has 5 rings (SSSR count). The Morgan fingerprint density at radius 1 is 1.27 bits per heavy atom. The first-order valence-electron chi connectivity index (χ1n) is 13.1. The van der Waals surface area contributed by atoms with Crippen LogP contribution in [0.2, 0.25) is 5.02 Å². The van der Waals surface area contributed by atoms with Gasteiger partial charge in [-0.25, -0.2) is 27.7 Å². The van der Waals surface area contributed by atoms with Crippen LogP contribution in [0, 0.1) is 5.82 Å². The van der Waals surface area contributed by atoms with Crippen LogP contribution in [0.25, 0.3) is 0 Å². The third-order valence-electron chi connectivity index (χ3n) is 7.11. The van der Waals surface area contributed by atoms with E-state index < -0.39 is 36.8 Å². The summed E-state index contributed by atoms with van der Waals surface area (Å²) in [6, 6.07) is 2.69. The summed E-state index contributed by atoms with van der Waals surface area (Å²) < 4.78 is 46.1. The minimum Gasteiger partial charge on any atom is -0.463 e. The Morgan fingerprint density at radius 3 is 2.83 bits per heavy atom. The molecule has 1 aromatic heterocycles. The maximum absolute atomic E-state index is 14.7. The van der Waals surface area contributed by atoms with Crippen molar-refractivity contribution in [3.63, 3.8) is 0 Å². The highest BCUT2D eigenvalue weighted by Crippen LogP contribution is 2.37. The molecule has 0 bridgehead atoms. The average Bonchev–Trinajstić information content (AvgIpc) is 3.56. The Balaban J connectivity index is 1.53. The van der Waals surface area contributed by atoms with Crippen molar-refractivity contribution in [1.82, 2.24) is 19.7 Å². The van der Waals surface area contributed by atoms with Crippen LogP contribution in [0.5, 0.6) is 0 Å². The van der Waals surface area contributed by atoms with Gasteiger partial charge in [-0.2, -0.15) is 0 Å². The standard InChI is InChI=1S/C27H28ClF3N6O3S/c1-2-40-26(38)22-16(12-35-7-8-37-17(13-35)14-36(27(37)39)15-21(30)31)10-32-11-20(25-33-6-9-41-25)34-24(22)18-4-3-5-19(29)23(18)28/h3-6,9-10,17,21,24H,2,7-8,11-15H2,1H3/b22-16-,32-10?,34-20?/t17-,24-/m0/s1. The number of aliphatic imine (C=N–C) groups is 2. The number of carbonyl (C=O) groups excluding carboxylic acids is 2. The number of esters is 1. The Kier molecular flexibility index (Phi) is 9.05. The number of amides is 2. The fourth-order valence-electron chi connectivity index (χ4n) is 5.32. The van der Waals surface area contributed by atoms with Crippen LogP contribution >= 0.6 is 22.9 Å². The number of fused-ring (bicyclic) bond motifs is 1. The third kappa shape index (κ3) is 6.31. The number of thiazole rings is 1. The zero-order valence-electron chi connectivity index (χ0n) is 22.2. The van der Waals surface area contributed by atoms with Crippen molar-refractivity contribution in [1.29, 1.82) is 0 Å². The molecule has 3 aliphatic rings. The van der Waals surface area contributed by atoms with Gasteiger partial charge in [0.2, 0.25) is 0 Å². The summed E-state index contributed by atoms with van der Waals surface area (Å²) in [6.45, 7) is 3.02. The molecule has 2 fully saturated rings. The lowest BCUT2D eigenvalue weighted by Gasteiger charge is -2.37. The maximum Gasteiger partial charge on any atom is 0.336 e. The third-order valence-corrected chi connectivity index (χ3v) is 8.33. The second-order valence-electron chi connectivity index (χ2n) is 9.75. The number of hydrogen-bond acceptors (Lipinski definition) is 8. The van der Waals surface area contributed by atoms with E-state index in [2.05, 4.69) is 9.98 Å². The molecule has 0 radical (unpaired) electrons. The van der Waals surface area contributed by atoms with Gasteiger partial charge in [-0.1, -0.05) is 23.7 Å². The van der Waals surface area contributed by atoms with Crippen molar-refractivity contribution >= 4 is 46.9 Å². The van der Waals surface area contributed by atoms with Crippen molar-refractivity contribution in [2.24, 2.45) is 9.98 Å². The van der Waals surface area contributed by atoms with Gasteiger partial charge in [-0.3, -0.25) is 14.9 Å². The fourth-order valence-corrected chi connectivity index (χ4v) is 6.17. The zero-order chi connectivity index (χ0) is 29.1. The SMILES string of the molecule is CCOC(=O)/C1=C(\CN2CCN3C(=O)N(CC(F)F)C[C@@H]3C2)C=NCC(c2nccs2)=N[C@H]1c1cccc(F)c1Cl. The molecule has 218 valence electrons. The molecular weight excluding hydrogens is 581 g/mol. The molecule has 2 atom stereocenters. The molecule has 1 aromatic carbocycles. The largest absolute Gasteiger partial charge is 0.463 e. The second-order valence-corrected chi connectivity index (χ2v) is 11.0. The lowest BCUT2D eigenvalue weighted by molar-refractivity contribution is -0.138. The Bertz CT molecular complexity index is 1390. The highest BCUT2D eigenvalue weighted by Gasteiger charge is 2.42. The molecule has 0 spiro atoms. The highest BCUT2D eigenvalue weighted by molar-refractivity contribution is 7.11. The molecule has 2 amide bonds. The molecule has 41 heavy (non-hydrogen) atoms. The van der Waals surface area contributed by atoms with Crippen LogP contribution in [0.15, 0.2) is 50.9 Å². The lowest BCUT2D eigenvalue weighted by atomic mass is 9.93. The first-order chi connectivity index (χ1) is 19.8. The predicted molar refractivity (Wildman–Crippen MR) is 150 cm³/mol. The summed E-state index contributed by atoms with van der Waals surface area (Å²) in [6.07, 6.45) is 0.629. The average molecular weight is 609 g/mol. The number of ether oxygens (including phenoxy) is 1. The van der Waals surface area contributed by atoms with E-state index in [1.165, 1.54) is 28.4 Å². The Hall–Kier alpha value is -3.29. The van der Waals surface area contributed by atoms with Crippen LogP contribution in [-0.4, -0.2) is 108 Å². The van der Waals surface area contributed by atoms with E-state index in [0.29, 0.717) is 41.5 Å². The van der Waals surface area contributed by atoms with Crippen molar-refractivity contribution < 1.29 is 27.5 Å². The van der Waals surface area contributed by atoms with E-state index in [0.717, 1.165) is 0 Å². The number of urea groups is 1. The van der Waals surface area contributed by atoms with Gasteiger partial charge in [0.05, 0.1) is 42.0 Å². The summed E-state index contributed by atoms with van der Waals surface area (Å²) >= 11 is 7.80. The quantitative estimate of drug-likeness (QED) is 0.421. The van der Waals surface area contributed by atoms with Gasteiger partial charge in [0.15, 0.2) is 0 Å². The molecule has 0 N–H and O–H groups in total. The second kappa shape index (κ2) is 12.7. The molecule has 0 saturated carbocycles. The topological polar surface area (TPSA) is 90.7 Å². The molecule has 14 heteroatoms. The maximum atomic E-state index is 14.7. The van der Waals surface area contributed by atoms with Gasteiger partial charge < -0.3 is 14.5 Å². The summed E-state index contributed by atoms with van der Waals surface area (Å²) in [5, 5.41) is 2.26. The van der Waals surface area contributed by atoms with Gasteiger partial charge in [0.1, 0.15) is 16.9 Å². The first-order valence-corrected chi connectivity index (χ1v) is 14.4. The van der Waals surface area contributed by atoms with Gasteiger partial charge in [-0.05, 0) is 18.6 Å². The van der Waals surface area contributed by atoms with Crippen molar-refractivity contribution in [2.45, 2.75) is 25.4 Å². The van der Waals surface area contributed by atoms with E-state index in [-0.39, 0.29) is 42.9 Å².